The Bertz CT molecular complexity index is 322. The minimum Gasteiger partial charge on any atom is -0.399 e. The van der Waals surface area contributed by atoms with Gasteiger partial charge >= 0.3 is 0 Å². The van der Waals surface area contributed by atoms with Crippen LogP contribution in [0.25, 0.3) is 0 Å². The number of carbonyl (C=O) groups is 1. The van der Waals surface area contributed by atoms with E-state index in [1.165, 1.54) is 0 Å². The molecule has 4 N–H and O–H groups in total. The molecule has 1 rings (SSSR count). The van der Waals surface area contributed by atoms with Gasteiger partial charge in [-0.05, 0) is 30.5 Å². The second kappa shape index (κ2) is 6.85. The van der Waals surface area contributed by atoms with Crippen molar-refractivity contribution in [1.82, 2.24) is 5.32 Å². The van der Waals surface area contributed by atoms with Crippen LogP contribution in [0.15, 0.2) is 24.3 Å². The van der Waals surface area contributed by atoms with Gasteiger partial charge in [0.05, 0.1) is 0 Å². The summed E-state index contributed by atoms with van der Waals surface area (Å²) < 4.78 is 0. The zero-order chi connectivity index (χ0) is 11.8. The van der Waals surface area contributed by atoms with Gasteiger partial charge in [0.15, 0.2) is 0 Å². The van der Waals surface area contributed by atoms with E-state index in [2.05, 4.69) is 5.32 Å². The second-order valence-electron chi connectivity index (χ2n) is 3.67. The molecule has 0 bridgehead atoms. The Morgan fingerprint density at radius 1 is 1.31 bits per heavy atom. The maximum absolute atomic E-state index is 11.2. The highest BCUT2D eigenvalue weighted by molar-refractivity contribution is 5.75. The molecule has 1 aromatic carbocycles. The van der Waals surface area contributed by atoms with E-state index in [1.807, 2.05) is 24.3 Å². The van der Waals surface area contributed by atoms with Crippen molar-refractivity contribution in [3.05, 3.63) is 29.8 Å². The second-order valence-corrected chi connectivity index (χ2v) is 3.67. The van der Waals surface area contributed by atoms with Gasteiger partial charge in [0.2, 0.25) is 5.91 Å². The number of hydrogen-bond acceptors (Lipinski definition) is 3. The van der Waals surface area contributed by atoms with Crippen LogP contribution >= 0.6 is 0 Å². The lowest BCUT2D eigenvalue weighted by molar-refractivity contribution is -0.121. The van der Waals surface area contributed by atoms with Crippen molar-refractivity contribution in [2.45, 2.75) is 19.3 Å². The number of nitrogens with one attached hydrogen (secondary N) is 1. The minimum atomic E-state index is -0.00973. The van der Waals surface area contributed by atoms with Crippen LogP contribution in [0.2, 0.25) is 0 Å². The third-order valence-corrected chi connectivity index (χ3v) is 2.28. The van der Waals surface area contributed by atoms with Crippen LogP contribution in [0.1, 0.15) is 18.4 Å². The molecule has 0 aliphatic heterocycles. The van der Waals surface area contributed by atoms with E-state index in [-0.39, 0.29) is 12.5 Å². The lowest BCUT2D eigenvalue weighted by Crippen LogP contribution is -2.25. The van der Waals surface area contributed by atoms with Crippen LogP contribution in [0.4, 0.5) is 5.69 Å². The van der Waals surface area contributed by atoms with E-state index in [0.29, 0.717) is 19.4 Å². The summed E-state index contributed by atoms with van der Waals surface area (Å²) in [5, 5.41) is 11.4. The Hall–Kier alpha value is -1.55. The van der Waals surface area contributed by atoms with Crippen molar-refractivity contribution in [1.29, 1.82) is 0 Å². The number of rotatable bonds is 6. The van der Waals surface area contributed by atoms with Crippen molar-refractivity contribution in [2.75, 3.05) is 18.9 Å². The molecule has 4 nitrogen and oxygen atoms in total. The predicted octanol–water partition coefficient (Wildman–Crippen LogP) is 0.700. The molecule has 0 aromatic heterocycles. The highest BCUT2D eigenvalue weighted by atomic mass is 16.3. The molecule has 0 unspecified atom stereocenters. The van der Waals surface area contributed by atoms with E-state index in [0.717, 1.165) is 17.7 Å². The van der Waals surface area contributed by atoms with Gasteiger partial charge in [-0.3, -0.25) is 4.79 Å². The average molecular weight is 222 g/mol. The first-order valence-corrected chi connectivity index (χ1v) is 5.44. The fraction of sp³-hybridized carbons (Fsp3) is 0.417. The predicted molar refractivity (Wildman–Crippen MR) is 63.9 cm³/mol. The molecule has 0 aliphatic rings. The summed E-state index contributed by atoms with van der Waals surface area (Å²) in [5.41, 5.74) is 7.46. The summed E-state index contributed by atoms with van der Waals surface area (Å²) in [6.07, 6.45) is 1.71. The largest absolute Gasteiger partial charge is 0.399 e. The molecule has 0 saturated heterocycles. The van der Waals surface area contributed by atoms with Gasteiger partial charge in [-0.15, -0.1) is 0 Å². The summed E-state index contributed by atoms with van der Waals surface area (Å²) in [4.78, 5) is 11.2. The Kier molecular flexibility index (Phi) is 5.36. The molecule has 0 saturated carbocycles. The number of carbonyl (C=O) groups excluding carboxylic acids is 1. The maximum atomic E-state index is 11.2. The summed E-state index contributed by atoms with van der Waals surface area (Å²) in [5.74, 6) is -0.00973. The average Bonchev–Trinajstić information content (AvgIpc) is 2.29. The van der Waals surface area contributed by atoms with Crippen molar-refractivity contribution in [3.63, 3.8) is 0 Å². The standard InChI is InChI=1S/C12H18N2O2/c13-11-5-3-10(4-6-11)7-8-14-12(16)2-1-9-15/h3-6,15H,1-2,7-9,13H2,(H,14,16). The van der Waals surface area contributed by atoms with Gasteiger partial charge in [0.1, 0.15) is 0 Å². The van der Waals surface area contributed by atoms with E-state index in [9.17, 15) is 4.79 Å². The first-order valence-electron chi connectivity index (χ1n) is 5.44. The Balaban J connectivity index is 2.20. The van der Waals surface area contributed by atoms with Crippen molar-refractivity contribution in [2.24, 2.45) is 0 Å². The van der Waals surface area contributed by atoms with Crippen LogP contribution in [0, 0.1) is 0 Å². The molecule has 0 spiro atoms. The molecule has 0 fully saturated rings. The molecular formula is C12H18N2O2. The molecule has 0 radical (unpaired) electrons. The van der Waals surface area contributed by atoms with Gasteiger partial charge in [0.25, 0.3) is 0 Å². The van der Waals surface area contributed by atoms with Crippen molar-refractivity contribution >= 4 is 11.6 Å². The van der Waals surface area contributed by atoms with E-state index in [1.54, 1.807) is 0 Å². The van der Waals surface area contributed by atoms with Gasteiger partial charge in [0, 0.05) is 25.3 Å². The van der Waals surface area contributed by atoms with Crippen molar-refractivity contribution < 1.29 is 9.90 Å². The number of aliphatic hydroxyl groups excluding tert-OH is 1. The lowest BCUT2D eigenvalue weighted by Gasteiger charge is -2.05. The van der Waals surface area contributed by atoms with Gasteiger partial charge in [-0.1, -0.05) is 12.1 Å². The van der Waals surface area contributed by atoms with Gasteiger partial charge in [-0.2, -0.15) is 0 Å². The van der Waals surface area contributed by atoms with Crippen LogP contribution in [-0.2, 0) is 11.2 Å². The quantitative estimate of drug-likeness (QED) is 0.620. The van der Waals surface area contributed by atoms with Crippen LogP contribution in [0.5, 0.6) is 0 Å². The topological polar surface area (TPSA) is 75.3 Å². The van der Waals surface area contributed by atoms with Crippen LogP contribution in [-0.4, -0.2) is 24.2 Å². The zero-order valence-electron chi connectivity index (χ0n) is 9.28. The van der Waals surface area contributed by atoms with E-state index >= 15 is 0 Å². The number of benzene rings is 1. The highest BCUT2D eigenvalue weighted by Gasteiger charge is 1.99. The molecule has 1 aromatic rings. The molecule has 16 heavy (non-hydrogen) atoms. The zero-order valence-corrected chi connectivity index (χ0v) is 9.28. The molecule has 1 amide bonds. The number of aliphatic hydroxyl groups is 1. The number of nitrogen functional groups attached to an aromatic ring is 1. The van der Waals surface area contributed by atoms with Crippen LogP contribution in [0.3, 0.4) is 0 Å². The number of hydrogen-bond donors (Lipinski definition) is 3. The lowest BCUT2D eigenvalue weighted by atomic mass is 10.1. The number of nitrogens with two attached hydrogens (primary N) is 1. The Labute approximate surface area is 95.5 Å². The monoisotopic (exact) mass is 222 g/mol. The summed E-state index contributed by atoms with van der Waals surface area (Å²) in [6, 6.07) is 7.61. The Morgan fingerprint density at radius 3 is 2.62 bits per heavy atom. The SMILES string of the molecule is Nc1ccc(CCNC(=O)CCCO)cc1. The number of anilines is 1. The minimum absolute atomic E-state index is 0.00973. The van der Waals surface area contributed by atoms with E-state index < -0.39 is 0 Å². The molecule has 88 valence electrons. The van der Waals surface area contributed by atoms with Gasteiger partial charge < -0.3 is 16.2 Å². The third-order valence-electron chi connectivity index (χ3n) is 2.28. The van der Waals surface area contributed by atoms with E-state index in [4.69, 9.17) is 10.8 Å². The molecular weight excluding hydrogens is 204 g/mol. The molecule has 0 aliphatic carbocycles. The fourth-order valence-electron chi connectivity index (χ4n) is 1.36. The Morgan fingerprint density at radius 2 is 2.00 bits per heavy atom. The van der Waals surface area contributed by atoms with Crippen molar-refractivity contribution in [3.8, 4) is 0 Å². The number of amides is 1. The summed E-state index contributed by atoms with van der Waals surface area (Å²) >= 11 is 0. The summed E-state index contributed by atoms with van der Waals surface area (Å²) in [7, 11) is 0. The maximum Gasteiger partial charge on any atom is 0.220 e. The molecule has 0 atom stereocenters. The molecule has 4 heteroatoms. The molecule has 0 heterocycles. The first kappa shape index (κ1) is 12.5. The fourth-order valence-corrected chi connectivity index (χ4v) is 1.36. The smallest absolute Gasteiger partial charge is 0.220 e. The van der Waals surface area contributed by atoms with Gasteiger partial charge in [-0.25, -0.2) is 0 Å². The first-order chi connectivity index (χ1) is 7.72. The summed E-state index contributed by atoms with van der Waals surface area (Å²) in [6.45, 7) is 0.680. The normalized spacial score (nSPS) is 10.1. The highest BCUT2D eigenvalue weighted by Crippen LogP contribution is 2.05. The van der Waals surface area contributed by atoms with Crippen LogP contribution < -0.4 is 11.1 Å². The third kappa shape index (κ3) is 4.79.